The zero-order valence-electron chi connectivity index (χ0n) is 12.1. The van der Waals surface area contributed by atoms with E-state index in [1.165, 1.54) is 12.1 Å². The van der Waals surface area contributed by atoms with Gasteiger partial charge in [0.1, 0.15) is 5.82 Å². The molecule has 112 valence electrons. The van der Waals surface area contributed by atoms with Gasteiger partial charge in [-0.2, -0.15) is 0 Å². The normalized spacial score (nSPS) is 31.5. The number of hydrazine groups is 1. The van der Waals surface area contributed by atoms with E-state index in [4.69, 9.17) is 10.6 Å². The maximum absolute atomic E-state index is 13.2. The molecule has 0 aliphatic carbocycles. The molecule has 0 bridgehead atoms. The van der Waals surface area contributed by atoms with Gasteiger partial charge in [-0.15, -0.1) is 0 Å². The maximum atomic E-state index is 13.2. The second-order valence-electron chi connectivity index (χ2n) is 5.70. The first-order valence-electron chi connectivity index (χ1n) is 6.99. The number of benzene rings is 1. The Labute approximate surface area is 128 Å². The third kappa shape index (κ3) is 3.22. The molecule has 1 fully saturated rings. The molecular formula is C15H22BrFN2O. The van der Waals surface area contributed by atoms with E-state index < -0.39 is 0 Å². The minimum atomic E-state index is -0.238. The lowest BCUT2D eigenvalue weighted by Crippen LogP contribution is -2.46. The van der Waals surface area contributed by atoms with Crippen LogP contribution in [-0.4, -0.2) is 18.2 Å². The van der Waals surface area contributed by atoms with Crippen molar-refractivity contribution < 1.29 is 9.13 Å². The topological polar surface area (TPSA) is 47.3 Å². The Hall–Kier alpha value is -0.490. The van der Waals surface area contributed by atoms with Crippen LogP contribution in [-0.2, 0) is 11.2 Å². The van der Waals surface area contributed by atoms with Gasteiger partial charge in [-0.1, -0.05) is 28.9 Å². The van der Waals surface area contributed by atoms with Gasteiger partial charge in [-0.05, 0) is 43.9 Å². The molecule has 5 heteroatoms. The Morgan fingerprint density at radius 3 is 2.55 bits per heavy atom. The van der Waals surface area contributed by atoms with Gasteiger partial charge < -0.3 is 4.74 Å². The average Bonchev–Trinajstić information content (AvgIpc) is 2.63. The Morgan fingerprint density at radius 2 is 2.05 bits per heavy atom. The van der Waals surface area contributed by atoms with Crippen LogP contribution in [0.2, 0.25) is 0 Å². The summed E-state index contributed by atoms with van der Waals surface area (Å²) in [7, 11) is 0. The molecule has 1 saturated heterocycles. The van der Waals surface area contributed by atoms with E-state index in [1.54, 1.807) is 6.07 Å². The Kier molecular flexibility index (Phi) is 5.18. The molecule has 0 spiro atoms. The van der Waals surface area contributed by atoms with Crippen LogP contribution < -0.4 is 11.3 Å². The second kappa shape index (κ2) is 6.52. The molecule has 1 aliphatic heterocycles. The molecule has 5 unspecified atom stereocenters. The largest absolute Gasteiger partial charge is 0.375 e. The second-order valence-corrected chi connectivity index (χ2v) is 6.55. The minimum absolute atomic E-state index is 0.103. The predicted molar refractivity (Wildman–Crippen MR) is 81.6 cm³/mol. The van der Waals surface area contributed by atoms with Crippen molar-refractivity contribution >= 4 is 15.9 Å². The van der Waals surface area contributed by atoms with E-state index in [0.717, 1.165) is 16.5 Å². The highest BCUT2D eigenvalue weighted by Gasteiger charge is 2.41. The van der Waals surface area contributed by atoms with Crippen molar-refractivity contribution in [3.05, 3.63) is 34.1 Å². The molecule has 1 heterocycles. The van der Waals surface area contributed by atoms with Crippen molar-refractivity contribution in [2.45, 2.75) is 45.4 Å². The molecule has 0 aromatic heterocycles. The van der Waals surface area contributed by atoms with Gasteiger partial charge in [-0.25, -0.2) is 4.39 Å². The summed E-state index contributed by atoms with van der Waals surface area (Å²) in [5, 5.41) is 0. The first-order valence-corrected chi connectivity index (χ1v) is 7.78. The van der Waals surface area contributed by atoms with Crippen molar-refractivity contribution in [3.63, 3.8) is 0 Å². The van der Waals surface area contributed by atoms with Gasteiger partial charge in [0.05, 0.1) is 12.2 Å². The summed E-state index contributed by atoms with van der Waals surface area (Å²) in [5.74, 6) is 6.29. The van der Waals surface area contributed by atoms with Gasteiger partial charge in [0.15, 0.2) is 0 Å². The summed E-state index contributed by atoms with van der Waals surface area (Å²) < 4.78 is 19.8. The van der Waals surface area contributed by atoms with Crippen LogP contribution in [0, 0.1) is 17.7 Å². The molecule has 0 saturated carbocycles. The van der Waals surface area contributed by atoms with Crippen LogP contribution in [0.5, 0.6) is 0 Å². The summed E-state index contributed by atoms with van der Waals surface area (Å²) in [6, 6.07) is 4.88. The van der Waals surface area contributed by atoms with E-state index in [1.807, 2.05) is 0 Å². The first kappa shape index (κ1) is 15.9. The van der Waals surface area contributed by atoms with Gasteiger partial charge in [-0.3, -0.25) is 11.3 Å². The smallest absolute Gasteiger partial charge is 0.124 e. The molecular weight excluding hydrogens is 323 g/mol. The maximum Gasteiger partial charge on any atom is 0.124 e. The van der Waals surface area contributed by atoms with Gasteiger partial charge in [0.25, 0.3) is 0 Å². The van der Waals surface area contributed by atoms with Crippen molar-refractivity contribution in [1.29, 1.82) is 0 Å². The monoisotopic (exact) mass is 344 g/mol. The van der Waals surface area contributed by atoms with Crippen LogP contribution in [0.3, 0.4) is 0 Å². The number of rotatable bonds is 4. The van der Waals surface area contributed by atoms with Gasteiger partial charge in [0.2, 0.25) is 0 Å². The zero-order chi connectivity index (χ0) is 14.9. The minimum Gasteiger partial charge on any atom is -0.375 e. The molecule has 0 radical (unpaired) electrons. The number of nitrogens with two attached hydrogens (primary N) is 1. The summed E-state index contributed by atoms with van der Waals surface area (Å²) in [6.07, 6.45) is 1.15. The molecule has 2 rings (SSSR count). The Balaban J connectivity index is 2.16. The molecule has 5 atom stereocenters. The van der Waals surface area contributed by atoms with Crippen LogP contribution in [0.4, 0.5) is 4.39 Å². The molecule has 1 aromatic rings. The molecule has 3 N–H and O–H groups in total. The fourth-order valence-corrected chi connectivity index (χ4v) is 3.73. The van der Waals surface area contributed by atoms with E-state index in [2.05, 4.69) is 42.1 Å². The third-order valence-corrected chi connectivity index (χ3v) is 5.19. The highest BCUT2D eigenvalue weighted by molar-refractivity contribution is 9.10. The van der Waals surface area contributed by atoms with Crippen molar-refractivity contribution in [2.24, 2.45) is 17.7 Å². The number of halogens is 2. The van der Waals surface area contributed by atoms with Gasteiger partial charge in [0, 0.05) is 16.4 Å². The highest BCUT2D eigenvalue weighted by Crippen LogP contribution is 2.36. The van der Waals surface area contributed by atoms with Crippen LogP contribution in [0.15, 0.2) is 22.7 Å². The van der Waals surface area contributed by atoms with E-state index in [-0.39, 0.29) is 24.1 Å². The lowest BCUT2D eigenvalue weighted by Gasteiger charge is -2.28. The first-order chi connectivity index (χ1) is 9.43. The molecule has 0 amide bonds. The molecule has 20 heavy (non-hydrogen) atoms. The Morgan fingerprint density at radius 1 is 1.35 bits per heavy atom. The van der Waals surface area contributed by atoms with Crippen molar-refractivity contribution in [2.75, 3.05) is 0 Å². The van der Waals surface area contributed by atoms with Crippen molar-refractivity contribution in [3.8, 4) is 0 Å². The van der Waals surface area contributed by atoms with Crippen LogP contribution in [0.1, 0.15) is 26.3 Å². The fourth-order valence-electron chi connectivity index (χ4n) is 3.22. The SMILES string of the molecule is CC1OC(C)C(C(Cc2ccc(F)cc2Br)NN)C1C. The summed E-state index contributed by atoms with van der Waals surface area (Å²) in [4.78, 5) is 0. The van der Waals surface area contributed by atoms with Crippen LogP contribution >= 0.6 is 15.9 Å². The van der Waals surface area contributed by atoms with Crippen molar-refractivity contribution in [1.82, 2.24) is 5.43 Å². The number of nitrogens with one attached hydrogen (secondary N) is 1. The average molecular weight is 345 g/mol. The number of hydrogen-bond donors (Lipinski definition) is 2. The summed E-state index contributed by atoms with van der Waals surface area (Å²) >= 11 is 3.42. The number of hydrogen-bond acceptors (Lipinski definition) is 3. The van der Waals surface area contributed by atoms with E-state index in [9.17, 15) is 4.39 Å². The lowest BCUT2D eigenvalue weighted by atomic mass is 9.81. The molecule has 3 nitrogen and oxygen atoms in total. The third-order valence-electron chi connectivity index (χ3n) is 4.45. The standard InChI is InChI=1S/C15H22BrFN2O/c1-8-9(2)20-10(3)15(8)14(19-18)6-11-4-5-12(17)7-13(11)16/h4-5,7-10,14-15,19H,6,18H2,1-3H3. The fraction of sp³-hybridized carbons (Fsp3) is 0.600. The molecule has 1 aliphatic rings. The highest BCUT2D eigenvalue weighted by atomic mass is 79.9. The predicted octanol–water partition coefficient (Wildman–Crippen LogP) is 3.02. The van der Waals surface area contributed by atoms with Crippen LogP contribution in [0.25, 0.3) is 0 Å². The summed E-state index contributed by atoms with van der Waals surface area (Å²) in [6.45, 7) is 6.39. The number of ether oxygens (including phenoxy) is 1. The Bertz CT molecular complexity index is 471. The quantitative estimate of drug-likeness (QED) is 0.651. The zero-order valence-corrected chi connectivity index (χ0v) is 13.7. The van der Waals surface area contributed by atoms with E-state index in [0.29, 0.717) is 11.8 Å². The lowest BCUT2D eigenvalue weighted by molar-refractivity contribution is 0.0475. The van der Waals surface area contributed by atoms with E-state index >= 15 is 0 Å². The molecule has 1 aromatic carbocycles. The van der Waals surface area contributed by atoms with Gasteiger partial charge >= 0.3 is 0 Å². The summed E-state index contributed by atoms with van der Waals surface area (Å²) in [5.41, 5.74) is 3.97.